The summed E-state index contributed by atoms with van der Waals surface area (Å²) >= 11 is 0. The summed E-state index contributed by atoms with van der Waals surface area (Å²) in [6.45, 7) is 1.46. The number of Topliss-reactive ketones (excluding diaryl/α,β-unsaturated/α-hetero) is 1. The van der Waals surface area contributed by atoms with Gasteiger partial charge in [-0.3, -0.25) is 4.79 Å². The van der Waals surface area contributed by atoms with E-state index < -0.39 is 5.92 Å². The molecular weight excluding hydrogens is 180 g/mol. The van der Waals surface area contributed by atoms with Gasteiger partial charge in [-0.2, -0.15) is 0 Å². The molecule has 0 bridgehead atoms. The number of ketones is 1. The third-order valence-corrected chi connectivity index (χ3v) is 1.99. The average molecular weight is 192 g/mol. The van der Waals surface area contributed by atoms with E-state index in [1.54, 1.807) is 12.1 Å². The van der Waals surface area contributed by atoms with E-state index in [0.29, 0.717) is 0 Å². The average Bonchev–Trinajstić information content (AvgIpc) is 2.15. The van der Waals surface area contributed by atoms with Crippen molar-refractivity contribution in [3.8, 4) is 5.75 Å². The molecule has 0 saturated carbocycles. The zero-order valence-electron chi connectivity index (χ0n) is 7.93. The van der Waals surface area contributed by atoms with Crippen LogP contribution in [0, 0.1) is 0 Å². The summed E-state index contributed by atoms with van der Waals surface area (Å²) in [4.78, 5) is 21.6. The molecule has 0 aliphatic carbocycles. The van der Waals surface area contributed by atoms with Gasteiger partial charge in [0.05, 0.1) is 0 Å². The first-order valence-corrected chi connectivity index (χ1v) is 4.37. The minimum Gasteiger partial charge on any atom is -0.508 e. The predicted molar refractivity (Wildman–Crippen MR) is 52.2 cm³/mol. The quantitative estimate of drug-likeness (QED) is 0.738. The highest BCUT2D eigenvalue weighted by Crippen LogP contribution is 2.20. The molecule has 3 heteroatoms. The van der Waals surface area contributed by atoms with Crippen molar-refractivity contribution in [1.29, 1.82) is 0 Å². The van der Waals surface area contributed by atoms with Gasteiger partial charge in [0, 0.05) is 12.3 Å². The van der Waals surface area contributed by atoms with Gasteiger partial charge in [-0.25, -0.2) is 0 Å². The zero-order valence-corrected chi connectivity index (χ0v) is 7.93. The Labute approximate surface area is 82.4 Å². The molecule has 0 aromatic heterocycles. The van der Waals surface area contributed by atoms with Crippen molar-refractivity contribution in [2.75, 3.05) is 0 Å². The molecule has 0 aliphatic rings. The van der Waals surface area contributed by atoms with Crippen molar-refractivity contribution >= 4 is 12.1 Å². The molecule has 1 aromatic carbocycles. The Morgan fingerprint density at radius 2 is 2.00 bits per heavy atom. The molecule has 0 aliphatic heterocycles. The highest BCUT2D eigenvalue weighted by atomic mass is 16.3. The molecule has 0 radical (unpaired) electrons. The van der Waals surface area contributed by atoms with E-state index >= 15 is 0 Å². The van der Waals surface area contributed by atoms with Gasteiger partial charge in [-0.1, -0.05) is 12.1 Å². The molecule has 0 spiro atoms. The number of hydrogen-bond acceptors (Lipinski definition) is 3. The standard InChI is InChI=1S/C11H12O3/c1-8(13)6-10(7-12)9-2-4-11(14)5-3-9/h2-5,7,10,14H,6H2,1H3. The lowest BCUT2D eigenvalue weighted by Crippen LogP contribution is -2.05. The van der Waals surface area contributed by atoms with Crippen molar-refractivity contribution in [2.24, 2.45) is 0 Å². The van der Waals surface area contributed by atoms with Crippen LogP contribution < -0.4 is 0 Å². The summed E-state index contributed by atoms with van der Waals surface area (Å²) in [6, 6.07) is 6.31. The first kappa shape index (κ1) is 10.4. The van der Waals surface area contributed by atoms with Gasteiger partial charge in [-0.05, 0) is 24.6 Å². The molecule has 0 heterocycles. The second-order valence-corrected chi connectivity index (χ2v) is 3.24. The summed E-state index contributed by atoms with van der Waals surface area (Å²) < 4.78 is 0. The highest BCUT2D eigenvalue weighted by molar-refractivity contribution is 5.81. The summed E-state index contributed by atoms with van der Waals surface area (Å²) in [5.74, 6) is -0.260. The fraction of sp³-hybridized carbons (Fsp3) is 0.273. The van der Waals surface area contributed by atoms with E-state index in [-0.39, 0.29) is 18.0 Å². The molecule has 3 nitrogen and oxygen atoms in total. The Balaban J connectivity index is 2.84. The van der Waals surface area contributed by atoms with Crippen molar-refractivity contribution < 1.29 is 14.7 Å². The van der Waals surface area contributed by atoms with E-state index in [1.165, 1.54) is 19.1 Å². The van der Waals surface area contributed by atoms with E-state index in [2.05, 4.69) is 0 Å². The van der Waals surface area contributed by atoms with Crippen LogP contribution in [0.5, 0.6) is 5.75 Å². The monoisotopic (exact) mass is 192 g/mol. The Bertz CT molecular complexity index is 327. The summed E-state index contributed by atoms with van der Waals surface area (Å²) in [5, 5.41) is 9.04. The lowest BCUT2D eigenvalue weighted by atomic mass is 9.95. The van der Waals surface area contributed by atoms with Crippen LogP contribution in [0.4, 0.5) is 0 Å². The molecule has 0 fully saturated rings. The van der Waals surface area contributed by atoms with Gasteiger partial charge in [0.15, 0.2) is 0 Å². The van der Waals surface area contributed by atoms with Gasteiger partial charge in [0.1, 0.15) is 17.8 Å². The molecule has 1 unspecified atom stereocenters. The van der Waals surface area contributed by atoms with Crippen molar-refractivity contribution in [3.05, 3.63) is 29.8 Å². The third kappa shape index (κ3) is 2.69. The normalized spacial score (nSPS) is 12.1. The van der Waals surface area contributed by atoms with Crippen molar-refractivity contribution in [3.63, 3.8) is 0 Å². The van der Waals surface area contributed by atoms with E-state index in [4.69, 9.17) is 5.11 Å². The molecule has 1 atom stereocenters. The maximum absolute atomic E-state index is 10.8. The molecule has 1 aromatic rings. The molecule has 1 N–H and O–H groups in total. The Hall–Kier alpha value is -1.64. The number of rotatable bonds is 4. The van der Waals surface area contributed by atoms with Gasteiger partial charge in [-0.15, -0.1) is 0 Å². The van der Waals surface area contributed by atoms with Gasteiger partial charge >= 0.3 is 0 Å². The number of aldehydes is 1. The van der Waals surface area contributed by atoms with Crippen LogP contribution in [-0.2, 0) is 9.59 Å². The maximum atomic E-state index is 10.8. The molecular formula is C11H12O3. The minimum absolute atomic E-state index is 0.0184. The number of phenolic OH excluding ortho intramolecular Hbond substituents is 1. The fourth-order valence-electron chi connectivity index (χ4n) is 1.28. The number of phenols is 1. The summed E-state index contributed by atoms with van der Waals surface area (Å²) in [6.07, 6.45) is 0.974. The number of hydrogen-bond donors (Lipinski definition) is 1. The van der Waals surface area contributed by atoms with Gasteiger partial charge in [0.2, 0.25) is 0 Å². The Morgan fingerprint density at radius 1 is 1.43 bits per heavy atom. The van der Waals surface area contributed by atoms with Crippen LogP contribution in [0.3, 0.4) is 0 Å². The van der Waals surface area contributed by atoms with Crippen LogP contribution in [-0.4, -0.2) is 17.2 Å². The first-order chi connectivity index (χ1) is 6.63. The lowest BCUT2D eigenvalue weighted by Gasteiger charge is -2.07. The van der Waals surface area contributed by atoms with Crippen LogP contribution in [0.1, 0.15) is 24.8 Å². The highest BCUT2D eigenvalue weighted by Gasteiger charge is 2.12. The first-order valence-electron chi connectivity index (χ1n) is 4.37. The minimum atomic E-state index is -0.395. The smallest absolute Gasteiger partial charge is 0.130 e. The Morgan fingerprint density at radius 3 is 2.43 bits per heavy atom. The number of carbonyl (C=O) groups excluding carboxylic acids is 2. The topological polar surface area (TPSA) is 54.4 Å². The summed E-state index contributed by atoms with van der Waals surface area (Å²) in [7, 11) is 0. The molecule has 0 amide bonds. The van der Waals surface area contributed by atoms with Crippen LogP contribution in [0.25, 0.3) is 0 Å². The van der Waals surface area contributed by atoms with Gasteiger partial charge < -0.3 is 9.90 Å². The van der Waals surface area contributed by atoms with Crippen LogP contribution in [0.2, 0.25) is 0 Å². The molecule has 74 valence electrons. The van der Waals surface area contributed by atoms with Crippen molar-refractivity contribution in [2.45, 2.75) is 19.3 Å². The van der Waals surface area contributed by atoms with Crippen LogP contribution in [0.15, 0.2) is 24.3 Å². The fourth-order valence-corrected chi connectivity index (χ4v) is 1.28. The second-order valence-electron chi connectivity index (χ2n) is 3.24. The largest absolute Gasteiger partial charge is 0.508 e. The number of aromatic hydroxyl groups is 1. The SMILES string of the molecule is CC(=O)CC(C=O)c1ccc(O)cc1. The summed E-state index contributed by atoms with van der Waals surface area (Å²) in [5.41, 5.74) is 0.757. The van der Waals surface area contributed by atoms with E-state index in [9.17, 15) is 9.59 Å². The third-order valence-electron chi connectivity index (χ3n) is 1.99. The van der Waals surface area contributed by atoms with Crippen LogP contribution >= 0.6 is 0 Å². The molecule has 1 rings (SSSR count). The molecule has 14 heavy (non-hydrogen) atoms. The van der Waals surface area contributed by atoms with Crippen molar-refractivity contribution in [1.82, 2.24) is 0 Å². The maximum Gasteiger partial charge on any atom is 0.130 e. The molecule has 0 saturated heterocycles. The number of benzene rings is 1. The Kier molecular flexibility index (Phi) is 3.40. The second kappa shape index (κ2) is 4.56. The van der Waals surface area contributed by atoms with Gasteiger partial charge in [0.25, 0.3) is 0 Å². The van der Waals surface area contributed by atoms with E-state index in [0.717, 1.165) is 11.8 Å². The zero-order chi connectivity index (χ0) is 10.6. The number of carbonyl (C=O) groups is 2. The van der Waals surface area contributed by atoms with E-state index in [1.807, 2.05) is 0 Å². The lowest BCUT2D eigenvalue weighted by molar-refractivity contribution is -0.119. The predicted octanol–water partition coefficient (Wildman–Crippen LogP) is 1.65.